The molecule has 0 saturated heterocycles. The highest BCUT2D eigenvalue weighted by Gasteiger charge is 2.15. The first-order valence-electron chi connectivity index (χ1n) is 8.44. The zero-order valence-electron chi connectivity index (χ0n) is 15.3. The molecule has 0 aliphatic carbocycles. The standard InChI is InChI=1S/C20H17ClN2O5/c1-12(24)14-5-8-16(17(11-14)26-2)27-19(25)10-9-18-22-20(23-28-18)13-3-6-15(21)7-4-13/h3-8,11H,9-10H2,1-2H3. The van der Waals surface area contributed by atoms with Gasteiger partial charge < -0.3 is 14.0 Å². The van der Waals surface area contributed by atoms with Crippen molar-refractivity contribution in [2.45, 2.75) is 19.8 Å². The molecule has 1 heterocycles. The minimum atomic E-state index is -0.486. The van der Waals surface area contributed by atoms with Crippen LogP contribution in [0.3, 0.4) is 0 Å². The highest BCUT2D eigenvalue weighted by molar-refractivity contribution is 6.30. The Morgan fingerprint density at radius 2 is 1.86 bits per heavy atom. The summed E-state index contributed by atoms with van der Waals surface area (Å²) in [5.41, 5.74) is 1.23. The fourth-order valence-electron chi connectivity index (χ4n) is 2.43. The number of methoxy groups -OCH3 is 1. The maximum Gasteiger partial charge on any atom is 0.311 e. The second kappa shape index (κ2) is 8.67. The predicted octanol–water partition coefficient (Wildman–Crippen LogP) is 4.14. The number of esters is 1. The number of carbonyl (C=O) groups is 2. The lowest BCUT2D eigenvalue weighted by molar-refractivity contribution is -0.134. The van der Waals surface area contributed by atoms with Gasteiger partial charge in [0.1, 0.15) is 0 Å². The summed E-state index contributed by atoms with van der Waals surface area (Å²) in [7, 11) is 1.44. The molecule has 0 N–H and O–H groups in total. The van der Waals surface area contributed by atoms with Crippen molar-refractivity contribution in [3.05, 3.63) is 58.9 Å². The van der Waals surface area contributed by atoms with Gasteiger partial charge in [-0.2, -0.15) is 4.98 Å². The van der Waals surface area contributed by atoms with E-state index in [0.717, 1.165) is 5.56 Å². The van der Waals surface area contributed by atoms with Crippen molar-refractivity contribution in [1.29, 1.82) is 0 Å². The molecule has 0 atom stereocenters. The summed E-state index contributed by atoms with van der Waals surface area (Å²) in [6, 6.07) is 11.7. The Hall–Kier alpha value is -3.19. The van der Waals surface area contributed by atoms with Crippen LogP contribution in [0.5, 0.6) is 11.5 Å². The van der Waals surface area contributed by atoms with Gasteiger partial charge in [-0.25, -0.2) is 0 Å². The number of ether oxygens (including phenoxy) is 2. The Morgan fingerprint density at radius 3 is 2.54 bits per heavy atom. The van der Waals surface area contributed by atoms with Gasteiger partial charge in [-0.1, -0.05) is 16.8 Å². The molecular weight excluding hydrogens is 384 g/mol. The van der Waals surface area contributed by atoms with Gasteiger partial charge in [0.25, 0.3) is 0 Å². The number of ketones is 1. The average Bonchev–Trinajstić information content (AvgIpc) is 3.16. The summed E-state index contributed by atoms with van der Waals surface area (Å²) >= 11 is 5.86. The summed E-state index contributed by atoms with van der Waals surface area (Å²) in [5, 5.41) is 4.51. The van der Waals surface area contributed by atoms with E-state index in [-0.39, 0.29) is 24.4 Å². The molecule has 3 aromatic rings. The number of halogens is 1. The summed E-state index contributed by atoms with van der Waals surface area (Å²) in [5.74, 6) is 0.695. The average molecular weight is 401 g/mol. The molecule has 0 radical (unpaired) electrons. The van der Waals surface area contributed by atoms with E-state index in [9.17, 15) is 9.59 Å². The third-order valence-electron chi connectivity index (χ3n) is 3.91. The number of hydrogen-bond donors (Lipinski definition) is 0. The second-order valence-corrected chi connectivity index (χ2v) is 6.35. The van der Waals surface area contributed by atoms with Crippen LogP contribution >= 0.6 is 11.6 Å². The molecule has 0 bridgehead atoms. The number of nitrogens with zero attached hydrogens (tertiary/aromatic N) is 2. The minimum Gasteiger partial charge on any atom is -0.493 e. The van der Waals surface area contributed by atoms with Gasteiger partial charge in [-0.15, -0.1) is 0 Å². The van der Waals surface area contributed by atoms with E-state index in [1.165, 1.54) is 26.2 Å². The first-order chi connectivity index (χ1) is 13.5. The number of rotatable bonds is 7. The molecule has 1 aromatic heterocycles. The molecule has 28 heavy (non-hydrogen) atoms. The van der Waals surface area contributed by atoms with Crippen molar-refractivity contribution in [1.82, 2.24) is 10.1 Å². The number of Topliss-reactive ketones (excluding diaryl/α,β-unsaturated/α-hetero) is 1. The highest BCUT2D eigenvalue weighted by atomic mass is 35.5. The molecule has 3 rings (SSSR count). The van der Waals surface area contributed by atoms with E-state index in [2.05, 4.69) is 10.1 Å². The fourth-order valence-corrected chi connectivity index (χ4v) is 2.55. The van der Waals surface area contributed by atoms with E-state index in [4.69, 9.17) is 25.6 Å². The number of hydrogen-bond acceptors (Lipinski definition) is 7. The van der Waals surface area contributed by atoms with Gasteiger partial charge in [0.05, 0.1) is 13.5 Å². The lowest BCUT2D eigenvalue weighted by Gasteiger charge is -2.09. The first-order valence-corrected chi connectivity index (χ1v) is 8.82. The second-order valence-electron chi connectivity index (χ2n) is 5.91. The van der Waals surface area contributed by atoms with E-state index >= 15 is 0 Å². The lowest BCUT2D eigenvalue weighted by Crippen LogP contribution is -2.10. The van der Waals surface area contributed by atoms with Crippen LogP contribution in [0.25, 0.3) is 11.4 Å². The molecule has 0 unspecified atom stereocenters. The van der Waals surface area contributed by atoms with Gasteiger partial charge in [0, 0.05) is 22.6 Å². The normalized spacial score (nSPS) is 10.5. The smallest absolute Gasteiger partial charge is 0.311 e. The van der Waals surface area contributed by atoms with Crippen LogP contribution in [0.15, 0.2) is 47.0 Å². The molecule has 2 aromatic carbocycles. The Labute approximate surface area is 166 Å². The Morgan fingerprint density at radius 1 is 1.11 bits per heavy atom. The van der Waals surface area contributed by atoms with Crippen molar-refractivity contribution in [2.24, 2.45) is 0 Å². The van der Waals surface area contributed by atoms with Crippen LogP contribution in [-0.4, -0.2) is 29.0 Å². The molecule has 8 heteroatoms. The number of carbonyl (C=O) groups excluding carboxylic acids is 2. The SMILES string of the molecule is COc1cc(C(C)=O)ccc1OC(=O)CCc1nc(-c2ccc(Cl)cc2)no1. The Bertz CT molecular complexity index is 998. The van der Waals surface area contributed by atoms with Crippen LogP contribution in [0.4, 0.5) is 0 Å². The van der Waals surface area contributed by atoms with E-state index in [0.29, 0.717) is 28.1 Å². The number of aromatic nitrogens is 2. The summed E-state index contributed by atoms with van der Waals surface area (Å²) in [4.78, 5) is 27.8. The molecule has 0 amide bonds. The fraction of sp³-hybridized carbons (Fsp3) is 0.200. The van der Waals surface area contributed by atoms with Crippen LogP contribution in [0.1, 0.15) is 29.6 Å². The van der Waals surface area contributed by atoms with Crippen molar-refractivity contribution in [3.8, 4) is 22.9 Å². The molecule has 0 aliphatic rings. The zero-order chi connectivity index (χ0) is 20.1. The predicted molar refractivity (Wildman–Crippen MR) is 102 cm³/mol. The van der Waals surface area contributed by atoms with E-state index in [1.54, 1.807) is 30.3 Å². The third-order valence-corrected chi connectivity index (χ3v) is 4.16. The molecule has 7 nitrogen and oxygen atoms in total. The van der Waals surface area contributed by atoms with Gasteiger partial charge in [0.2, 0.25) is 11.7 Å². The molecule has 0 saturated carbocycles. The topological polar surface area (TPSA) is 91.5 Å². The first kappa shape index (κ1) is 19.6. The quantitative estimate of drug-likeness (QED) is 0.334. The molecule has 0 fully saturated rings. The highest BCUT2D eigenvalue weighted by Crippen LogP contribution is 2.28. The summed E-state index contributed by atoms with van der Waals surface area (Å²) < 4.78 is 15.7. The largest absolute Gasteiger partial charge is 0.493 e. The lowest BCUT2D eigenvalue weighted by atomic mass is 10.1. The third kappa shape index (κ3) is 4.75. The van der Waals surface area contributed by atoms with Gasteiger partial charge in [0.15, 0.2) is 17.3 Å². The van der Waals surface area contributed by atoms with Crippen molar-refractivity contribution in [3.63, 3.8) is 0 Å². The Kier molecular flexibility index (Phi) is 6.06. The number of aryl methyl sites for hydroxylation is 1. The van der Waals surface area contributed by atoms with Crippen molar-refractivity contribution >= 4 is 23.4 Å². The molecule has 0 spiro atoms. The van der Waals surface area contributed by atoms with Crippen LogP contribution in [0.2, 0.25) is 5.02 Å². The Balaban J connectivity index is 1.60. The van der Waals surface area contributed by atoms with Crippen LogP contribution in [0, 0.1) is 0 Å². The molecular formula is C20H17ClN2O5. The van der Waals surface area contributed by atoms with E-state index < -0.39 is 5.97 Å². The van der Waals surface area contributed by atoms with Gasteiger partial charge >= 0.3 is 5.97 Å². The maximum atomic E-state index is 12.1. The van der Waals surface area contributed by atoms with Crippen LogP contribution in [-0.2, 0) is 11.2 Å². The molecule has 0 aliphatic heterocycles. The number of benzene rings is 2. The van der Waals surface area contributed by atoms with Gasteiger partial charge in [-0.3, -0.25) is 9.59 Å². The van der Waals surface area contributed by atoms with Crippen LogP contribution < -0.4 is 9.47 Å². The van der Waals surface area contributed by atoms with Gasteiger partial charge in [-0.05, 0) is 49.4 Å². The molecule has 144 valence electrons. The maximum absolute atomic E-state index is 12.1. The zero-order valence-corrected chi connectivity index (χ0v) is 16.0. The summed E-state index contributed by atoms with van der Waals surface area (Å²) in [6.07, 6.45) is 0.271. The summed E-state index contributed by atoms with van der Waals surface area (Å²) in [6.45, 7) is 1.45. The van der Waals surface area contributed by atoms with E-state index in [1.807, 2.05) is 0 Å². The van der Waals surface area contributed by atoms with Crippen molar-refractivity contribution in [2.75, 3.05) is 7.11 Å². The van der Waals surface area contributed by atoms with Crippen molar-refractivity contribution < 1.29 is 23.6 Å². The minimum absolute atomic E-state index is 0.0415. The monoisotopic (exact) mass is 400 g/mol.